The van der Waals surface area contributed by atoms with Gasteiger partial charge < -0.3 is 24.8 Å². The van der Waals surface area contributed by atoms with Gasteiger partial charge in [0.1, 0.15) is 0 Å². The number of ether oxygens (including phenoxy) is 3. The van der Waals surface area contributed by atoms with E-state index >= 15 is 0 Å². The molecule has 0 aliphatic rings. The first-order chi connectivity index (χ1) is 29.7. The molecule has 0 aliphatic heterocycles. The molecule has 2 aromatic heterocycles. The van der Waals surface area contributed by atoms with E-state index < -0.39 is 95.0 Å². The molecule has 2 rings (SSSR count). The van der Waals surface area contributed by atoms with E-state index in [4.69, 9.17) is 80.3 Å². The molecule has 50 heavy (non-hydrogen) atoms. The summed E-state index contributed by atoms with van der Waals surface area (Å²) in [4.78, 5) is 44.5. The fourth-order valence-electron chi connectivity index (χ4n) is 1.73. The molecule has 0 radical (unpaired) electrons. The number of aromatic nitrogens is 4. The number of esters is 3. The van der Waals surface area contributed by atoms with Crippen molar-refractivity contribution in [2.45, 2.75) is 96.4 Å². The van der Waals surface area contributed by atoms with E-state index in [-0.39, 0.29) is 85.6 Å². The third-order valence-corrected chi connectivity index (χ3v) is 4.67. The van der Waals surface area contributed by atoms with Crippen molar-refractivity contribution in [3.63, 3.8) is 0 Å². The van der Waals surface area contributed by atoms with Gasteiger partial charge in [-0.25, -0.2) is 0 Å². The van der Waals surface area contributed by atoms with E-state index in [0.717, 1.165) is 13.0 Å². The van der Waals surface area contributed by atoms with Crippen LogP contribution in [0.5, 0.6) is 0 Å². The zero-order chi connectivity index (χ0) is 54.1. The van der Waals surface area contributed by atoms with Crippen molar-refractivity contribution < 1.29 is 102 Å². The number of hydrogen-bond donors (Lipinski definition) is 1. The van der Waals surface area contributed by atoms with Crippen LogP contribution in [0, 0.1) is 17.3 Å². The Balaban J connectivity index is -0.000000145. The Morgan fingerprint density at radius 2 is 1.18 bits per heavy atom. The summed E-state index contributed by atoms with van der Waals surface area (Å²) in [6.45, 7) is -14.5. The number of hydrogen-bond acceptors (Lipinski definition) is 12. The monoisotopic (exact) mass is 823 g/mol. The zero-order valence-corrected chi connectivity index (χ0v) is 31.2. The van der Waals surface area contributed by atoms with Crippen LogP contribution in [-0.2, 0) is 33.4 Å². The van der Waals surface area contributed by atoms with E-state index in [9.17, 15) is 19.2 Å². The summed E-state index contributed by atoms with van der Waals surface area (Å²) in [5.41, 5.74) is -2.41. The molecular weight excluding hydrogens is 749 g/mol. The third-order valence-electron chi connectivity index (χ3n) is 3.79. The predicted molar refractivity (Wildman–Crippen MR) is 195 cm³/mol. The second-order valence-corrected chi connectivity index (χ2v) is 9.07. The van der Waals surface area contributed by atoms with Gasteiger partial charge in [-0.05, 0) is 64.2 Å². The Hall–Kier alpha value is -1.84. The Morgan fingerprint density at radius 1 is 0.760 bits per heavy atom. The van der Waals surface area contributed by atoms with Crippen molar-refractivity contribution in [3.05, 3.63) is 44.4 Å². The van der Waals surface area contributed by atoms with E-state index in [1.807, 2.05) is 0 Å². The van der Waals surface area contributed by atoms with Crippen LogP contribution in [0.15, 0.2) is 18.2 Å². The molecule has 0 spiro atoms. The molecule has 0 atom stereocenters. The van der Waals surface area contributed by atoms with Gasteiger partial charge in [-0.3, -0.25) is 19.2 Å². The van der Waals surface area contributed by atoms with E-state index in [1.165, 1.54) is 20.8 Å². The van der Waals surface area contributed by atoms with E-state index in [0.29, 0.717) is 10.3 Å². The van der Waals surface area contributed by atoms with Crippen molar-refractivity contribution in [1.82, 2.24) is 20.4 Å². The number of halogens is 4. The fourth-order valence-corrected chi connectivity index (χ4v) is 2.29. The molecule has 0 fully saturated rings. The van der Waals surface area contributed by atoms with E-state index in [1.54, 1.807) is 12.1 Å². The third kappa shape index (κ3) is 32.1. The molecule has 0 saturated heterocycles. The van der Waals surface area contributed by atoms with Gasteiger partial charge in [-0.2, -0.15) is 0 Å². The zero-order valence-electron chi connectivity index (χ0n) is 47.1. The molecule has 2 N–H and O–H groups in total. The summed E-state index contributed by atoms with van der Waals surface area (Å²) in [6, 6.07) is 4.27. The van der Waals surface area contributed by atoms with Crippen molar-refractivity contribution in [1.29, 1.82) is 0 Å². The van der Waals surface area contributed by atoms with E-state index in [2.05, 4.69) is 34.6 Å². The number of carbonyl (C=O) groups is 4. The van der Waals surface area contributed by atoms with Crippen LogP contribution in [0.25, 0.3) is 0 Å². The quantitative estimate of drug-likeness (QED) is 0.144. The smallest absolute Gasteiger partial charge is 0.870 e. The van der Waals surface area contributed by atoms with Gasteiger partial charge in [0.25, 0.3) is 0 Å². The second kappa shape index (κ2) is 35.6. The maximum absolute atomic E-state index is 11.5. The van der Waals surface area contributed by atoms with Crippen LogP contribution < -0.4 is 29.6 Å². The number of carboxylic acids is 1. The number of rotatable bonds is 8. The van der Waals surface area contributed by atoms with Gasteiger partial charge in [0.2, 0.25) is 0 Å². The van der Waals surface area contributed by atoms with Crippen molar-refractivity contribution in [3.8, 4) is 0 Å². The molecule has 13 nitrogen and oxygen atoms in total. The van der Waals surface area contributed by atoms with Gasteiger partial charge in [-0.15, -0.1) is 20.4 Å². The van der Waals surface area contributed by atoms with Crippen LogP contribution in [0.1, 0.15) is 131 Å². The summed E-state index contributed by atoms with van der Waals surface area (Å²) in [5, 5.41) is 22.4. The first-order valence-corrected chi connectivity index (χ1v) is 13.8. The topological polar surface area (TPSA) is 198 Å². The predicted octanol–water partition coefficient (Wildman–Crippen LogP) is 5.86. The van der Waals surface area contributed by atoms with Crippen molar-refractivity contribution >= 4 is 70.3 Å². The van der Waals surface area contributed by atoms with Crippen LogP contribution >= 0.6 is 46.4 Å². The summed E-state index contributed by atoms with van der Waals surface area (Å²) >= 11 is 22.0. The molecule has 0 aromatic carbocycles. The van der Waals surface area contributed by atoms with Crippen LogP contribution in [0.4, 0.5) is 0 Å². The van der Waals surface area contributed by atoms with Gasteiger partial charge in [0.05, 0.1) is 31.7 Å². The van der Waals surface area contributed by atoms with Gasteiger partial charge >= 0.3 is 53.4 Å². The maximum atomic E-state index is 11.5. The molecular formula is C32H55Cl4N4NaO9. The Labute approximate surface area is 369 Å². The summed E-state index contributed by atoms with van der Waals surface area (Å²) < 4.78 is 161. The van der Waals surface area contributed by atoms with Crippen LogP contribution in [-0.4, -0.2) is 74.7 Å². The Kier molecular flexibility index (Phi) is 19.7. The van der Waals surface area contributed by atoms with Gasteiger partial charge in [0.15, 0.2) is 26.0 Å². The van der Waals surface area contributed by atoms with Crippen molar-refractivity contribution in [2.24, 2.45) is 17.3 Å². The number of nitrogens with zero attached hydrogens (tertiary/aromatic N) is 4. The molecule has 0 unspecified atom stereocenters. The summed E-state index contributed by atoms with van der Waals surface area (Å²) in [7, 11) is 0. The SMILES string of the molecule is C.C.Clc1ccc(Cl)nn1.[2H]C([2H])([2H])C(C(=O)O)C([2H])([2H])[2H].[2H]C([2H])([2H])C(C(=O)OCC)C([2H])([2H])[2H].[2H]C([2H])([2H])C(C)(C(=O)OCC)C(=O)OCC.[2H]C([2H])([2H])C(c1cc(Cl)nnc1Cl)C([2H])([2H])[2H].[Na+].[OH-]. The molecule has 2 heterocycles. The van der Waals surface area contributed by atoms with Crippen LogP contribution in [0.3, 0.4) is 0 Å². The summed E-state index contributed by atoms with van der Waals surface area (Å²) in [5.74, 6) is -11.3. The molecule has 0 bridgehead atoms. The first-order valence-electron chi connectivity index (χ1n) is 22.8. The minimum atomic E-state index is -2.99. The molecule has 286 valence electrons. The minimum absolute atomic E-state index is 0. The minimum Gasteiger partial charge on any atom is -0.870 e. The molecule has 0 amide bonds. The molecule has 2 aromatic rings. The fraction of sp³-hybridized carbons (Fsp3) is 0.625. The standard InChI is InChI=1S/C9H16O4.C7H8Cl2N2.C6H12O2.C4H2Cl2N2.C4H8O2.2CH4.Na.H2O/c1-5-12-7(10)9(3,4)8(11)13-6-2;1-4(2)5-3-6(8)10-11-7(5)9;1-4-8-6(7)5(2)3;5-3-1-2-4(6)8-7-3;1-3(2)4(5)6;;;;/h5-6H2,1-4H3;3-4H,1-2H3;5H,4H2,1-3H3;1-2H;3H,1-2H3,(H,5,6);2*1H4;;1H2/q;;;;;;;+1;/p-1/i3D3;1D3,2D3;2D3,3D3;;1D3,2D3;;;;. The average Bonchev–Trinajstić information content (AvgIpc) is 3.07. The number of carboxylic acid groups (broad SMARTS) is 1. The van der Waals surface area contributed by atoms with Crippen LogP contribution in [0.2, 0.25) is 20.6 Å². The maximum Gasteiger partial charge on any atom is 1.00 e. The second-order valence-electron chi connectivity index (χ2n) is 7.55. The molecule has 0 aliphatic carbocycles. The molecule has 0 saturated carbocycles. The van der Waals surface area contributed by atoms with Gasteiger partial charge in [0, 0.05) is 28.8 Å². The summed E-state index contributed by atoms with van der Waals surface area (Å²) in [6.07, 6.45) is 0. The Morgan fingerprint density at radius 3 is 1.48 bits per heavy atom. The van der Waals surface area contributed by atoms with Crippen molar-refractivity contribution in [2.75, 3.05) is 19.8 Å². The normalized spacial score (nSPS) is 17.2. The number of aliphatic carboxylic acids is 1. The largest absolute Gasteiger partial charge is 1.00 e. The first kappa shape index (κ1) is 27.7. The van der Waals surface area contributed by atoms with Gasteiger partial charge in [-0.1, -0.05) is 102 Å². The Bertz CT molecular complexity index is 1810. The molecule has 18 heteroatoms. The number of carbonyl (C=O) groups excluding carboxylic acids is 3. The average molecular weight is 826 g/mol.